The van der Waals surface area contributed by atoms with Crippen LogP contribution in [0.15, 0.2) is 90.0 Å². The van der Waals surface area contributed by atoms with E-state index in [1.807, 2.05) is 0 Å². The summed E-state index contributed by atoms with van der Waals surface area (Å²) in [6, 6.07) is 29.1. The summed E-state index contributed by atoms with van der Waals surface area (Å²) in [5.41, 5.74) is 16.8. The van der Waals surface area contributed by atoms with E-state index in [1.54, 1.807) is 46.7 Å². The fraction of sp³-hybridized carbons (Fsp3) is 0.297. The molecule has 4 aromatic rings. The second-order valence-corrected chi connectivity index (χ2v) is 18.5. The van der Waals surface area contributed by atoms with E-state index in [1.165, 1.54) is 51.2 Å². The molecule has 0 saturated heterocycles. The predicted octanol–water partition coefficient (Wildman–Crippen LogP) is 4.34. The molecular formula is C37H40Cl2NSiZr. The third-order valence-corrected chi connectivity index (χ3v) is 15.6. The van der Waals surface area contributed by atoms with E-state index < -0.39 is 8.07 Å². The molecule has 2 aliphatic heterocycles. The summed E-state index contributed by atoms with van der Waals surface area (Å²) < 4.78 is 3.13. The van der Waals surface area contributed by atoms with Gasteiger partial charge in [-0.2, -0.15) is 0 Å². The first kappa shape index (κ1) is 33.0. The number of rotatable bonds is 4. The van der Waals surface area contributed by atoms with E-state index in [0.29, 0.717) is 9.54 Å². The quantitative estimate of drug-likeness (QED) is 0.282. The molecule has 0 radical (unpaired) electrons. The second kappa shape index (κ2) is 12.6. The van der Waals surface area contributed by atoms with Crippen molar-refractivity contribution in [3.8, 4) is 16.8 Å². The molecule has 2 aliphatic carbocycles. The molecule has 215 valence electrons. The first-order valence-electron chi connectivity index (χ1n) is 14.8. The van der Waals surface area contributed by atoms with Crippen LogP contribution in [-0.4, -0.2) is 12.6 Å². The van der Waals surface area contributed by atoms with Gasteiger partial charge < -0.3 is 29.4 Å². The molecule has 0 saturated carbocycles. The molecule has 8 rings (SSSR count). The van der Waals surface area contributed by atoms with Gasteiger partial charge in [-0.3, -0.25) is 0 Å². The topological polar surface area (TPSA) is 4.93 Å². The van der Waals surface area contributed by atoms with Gasteiger partial charge in [0.25, 0.3) is 0 Å². The molecule has 4 aliphatic rings. The Labute approximate surface area is 281 Å². The van der Waals surface area contributed by atoms with Crippen molar-refractivity contribution in [1.82, 2.24) is 4.57 Å². The van der Waals surface area contributed by atoms with Crippen LogP contribution >= 0.6 is 0 Å². The Morgan fingerprint density at radius 1 is 0.857 bits per heavy atom. The number of nitrogens with zero attached hydrogens (tertiary/aromatic N) is 1. The Hall–Kier alpha value is -1.90. The maximum atomic E-state index is 2.52. The fourth-order valence-corrected chi connectivity index (χ4v) is 12.6. The van der Waals surface area contributed by atoms with Gasteiger partial charge in [0.1, 0.15) is 0 Å². The van der Waals surface area contributed by atoms with Gasteiger partial charge in [-0.05, 0) is 37.6 Å². The van der Waals surface area contributed by atoms with E-state index in [2.05, 4.69) is 137 Å². The number of hydrogen-bond acceptors (Lipinski definition) is 0. The Balaban J connectivity index is 0.000000185. The molecule has 3 atom stereocenters. The van der Waals surface area contributed by atoms with Gasteiger partial charge in [-0.25, -0.2) is 0 Å². The average molecular weight is 689 g/mol. The Bertz CT molecular complexity index is 1660. The number of fused-ring (bicyclic) bond motifs is 1. The van der Waals surface area contributed by atoms with Crippen molar-refractivity contribution in [2.45, 2.75) is 69.2 Å². The number of allylic oxidation sites excluding steroid dienone is 2. The molecule has 0 N–H and O–H groups in total. The minimum Gasteiger partial charge on any atom is -1.00 e. The molecular weight excluding hydrogens is 649 g/mol. The van der Waals surface area contributed by atoms with Crippen molar-refractivity contribution in [2.24, 2.45) is 0 Å². The zero-order chi connectivity index (χ0) is 28.3. The largest absolute Gasteiger partial charge is 1.00 e. The van der Waals surface area contributed by atoms with Crippen molar-refractivity contribution in [3.63, 3.8) is 0 Å². The molecule has 5 heteroatoms. The normalized spacial score (nSPS) is 19.3. The van der Waals surface area contributed by atoms with Crippen molar-refractivity contribution in [2.75, 3.05) is 0 Å². The SMILES string of the molecule is CC1=C2c3cc(C)n(-c4ccccc4)c3C1[Si]2(C)C.CCC(C)c1ccc(-c2cccc3c2C=C(C)[CH]3[Zr+2])cc1.[Cl-].[Cl-]. The maximum Gasteiger partial charge on any atom is -1.00 e. The van der Waals surface area contributed by atoms with Gasteiger partial charge >= 0.3 is 143 Å². The molecule has 0 spiro atoms. The summed E-state index contributed by atoms with van der Waals surface area (Å²) >= 11 is 1.59. The van der Waals surface area contributed by atoms with Gasteiger partial charge in [-0.1, -0.05) is 42.1 Å². The number of para-hydroxylation sites is 1. The summed E-state index contributed by atoms with van der Waals surface area (Å²) in [6.45, 7) is 16.4. The summed E-state index contributed by atoms with van der Waals surface area (Å²) in [5.74, 6) is 0.645. The standard InChI is InChI=1S/C20H21.C17H19NSi.2ClH.Zr/c1-4-15(3)16-8-10-17(11-9-16)19-7-5-6-18-12-14(2)13-20(18)19;1-11-10-14-15(17-12(2)16(14)19(17,3)4)18(11)13-8-6-5-7-9-13;;;/h5-13,15H,4H2,1-3H3;5-10,17H,1-4H3;2*1H;/q;;;;+2/p-2. The van der Waals surface area contributed by atoms with Crippen LogP contribution in [0.25, 0.3) is 28.1 Å². The molecule has 1 aromatic heterocycles. The van der Waals surface area contributed by atoms with Crippen LogP contribution in [0, 0.1) is 6.92 Å². The monoisotopic (exact) mass is 686 g/mol. The van der Waals surface area contributed by atoms with Crippen LogP contribution in [0.4, 0.5) is 0 Å². The number of benzene rings is 3. The summed E-state index contributed by atoms with van der Waals surface area (Å²) in [4.78, 5) is 0. The number of halogens is 2. The van der Waals surface area contributed by atoms with Gasteiger partial charge in [0.2, 0.25) is 0 Å². The van der Waals surface area contributed by atoms with E-state index in [0.717, 1.165) is 5.54 Å². The summed E-state index contributed by atoms with van der Waals surface area (Å²) in [7, 11) is -1.19. The second-order valence-electron chi connectivity index (χ2n) is 12.5. The van der Waals surface area contributed by atoms with E-state index in [4.69, 9.17) is 0 Å². The number of aryl methyl sites for hydroxylation is 1. The summed E-state index contributed by atoms with van der Waals surface area (Å²) in [6.07, 6.45) is 3.58. The van der Waals surface area contributed by atoms with E-state index >= 15 is 0 Å². The smallest absolute Gasteiger partial charge is 1.00 e. The Kier molecular flexibility index (Phi) is 9.91. The Morgan fingerprint density at radius 2 is 1.52 bits per heavy atom. The average Bonchev–Trinajstić information content (AvgIpc) is 3.61. The van der Waals surface area contributed by atoms with Crippen molar-refractivity contribution in [3.05, 3.63) is 124 Å². The number of hydrogen-bond donors (Lipinski definition) is 0. The van der Waals surface area contributed by atoms with Crippen molar-refractivity contribution < 1.29 is 49.5 Å². The zero-order valence-electron chi connectivity index (χ0n) is 25.7. The van der Waals surface area contributed by atoms with Gasteiger partial charge in [0, 0.05) is 22.6 Å². The van der Waals surface area contributed by atoms with Crippen LogP contribution in [0.5, 0.6) is 0 Å². The van der Waals surface area contributed by atoms with Crippen LogP contribution in [0.1, 0.15) is 82.8 Å². The number of aromatic nitrogens is 1. The minimum absolute atomic E-state index is 0. The fourth-order valence-electron chi connectivity index (χ4n) is 7.46. The molecule has 3 heterocycles. The van der Waals surface area contributed by atoms with Crippen LogP contribution < -0.4 is 24.8 Å². The zero-order valence-corrected chi connectivity index (χ0v) is 30.7. The minimum atomic E-state index is -1.19. The van der Waals surface area contributed by atoms with Crippen LogP contribution in [0.3, 0.4) is 0 Å². The van der Waals surface area contributed by atoms with Crippen molar-refractivity contribution >= 4 is 19.3 Å². The van der Waals surface area contributed by atoms with Gasteiger partial charge in [0.15, 0.2) is 0 Å². The molecule has 3 unspecified atom stereocenters. The third kappa shape index (κ3) is 5.23. The maximum absolute atomic E-state index is 2.52. The van der Waals surface area contributed by atoms with Crippen molar-refractivity contribution in [1.29, 1.82) is 0 Å². The van der Waals surface area contributed by atoms with Crippen LogP contribution in [0.2, 0.25) is 13.1 Å². The first-order chi connectivity index (χ1) is 19.1. The Morgan fingerprint density at radius 3 is 2.14 bits per heavy atom. The van der Waals surface area contributed by atoms with Gasteiger partial charge in [0.05, 0.1) is 8.07 Å². The van der Waals surface area contributed by atoms with E-state index in [-0.39, 0.29) is 24.8 Å². The first-order valence-corrected chi connectivity index (χ1v) is 19.3. The van der Waals surface area contributed by atoms with E-state index in [9.17, 15) is 0 Å². The molecule has 3 aromatic carbocycles. The molecule has 0 fully saturated rings. The predicted molar refractivity (Wildman–Crippen MR) is 170 cm³/mol. The molecule has 2 bridgehead atoms. The molecule has 0 amide bonds. The van der Waals surface area contributed by atoms with Crippen LogP contribution in [-0.2, 0) is 24.7 Å². The molecule has 1 nitrogen and oxygen atoms in total. The van der Waals surface area contributed by atoms with Gasteiger partial charge in [-0.15, -0.1) is 0 Å². The molecule has 42 heavy (non-hydrogen) atoms. The third-order valence-electron chi connectivity index (χ3n) is 9.65. The summed E-state index contributed by atoms with van der Waals surface area (Å²) in [5, 5.41) is 1.73.